The molecule has 0 amide bonds. The van der Waals surface area contributed by atoms with E-state index >= 15 is 0 Å². The standard InChI is InChI=1S/C12H12O/c1-2-9-3-4-10-5-6-12(13)8-11(10)7-9/h3-8,10H,2H2,1H3. The number of allylic oxidation sites excluding steroid dienone is 8. The van der Waals surface area contributed by atoms with Gasteiger partial charge in [-0.15, -0.1) is 0 Å². The number of carbonyl (C=O) groups excluding carboxylic acids is 1. The van der Waals surface area contributed by atoms with Crippen molar-refractivity contribution in [3.05, 3.63) is 47.6 Å². The van der Waals surface area contributed by atoms with E-state index in [-0.39, 0.29) is 5.78 Å². The zero-order valence-corrected chi connectivity index (χ0v) is 7.66. The first-order valence-corrected chi connectivity index (χ1v) is 4.62. The molecule has 0 aromatic rings. The van der Waals surface area contributed by atoms with Crippen molar-refractivity contribution in [2.45, 2.75) is 13.3 Å². The number of fused-ring (bicyclic) bond motifs is 1. The van der Waals surface area contributed by atoms with Gasteiger partial charge in [0.1, 0.15) is 0 Å². The Hall–Kier alpha value is -1.37. The van der Waals surface area contributed by atoms with E-state index in [2.05, 4.69) is 25.2 Å². The molecule has 13 heavy (non-hydrogen) atoms. The monoisotopic (exact) mass is 172 g/mol. The predicted molar refractivity (Wildman–Crippen MR) is 53.2 cm³/mol. The maximum absolute atomic E-state index is 11.1. The Morgan fingerprint density at radius 3 is 2.77 bits per heavy atom. The summed E-state index contributed by atoms with van der Waals surface area (Å²) in [4.78, 5) is 11.1. The van der Waals surface area contributed by atoms with E-state index in [1.54, 1.807) is 12.2 Å². The fraction of sp³-hybridized carbons (Fsp3) is 0.250. The highest BCUT2D eigenvalue weighted by Gasteiger charge is 2.15. The Morgan fingerprint density at radius 1 is 1.23 bits per heavy atom. The minimum Gasteiger partial charge on any atom is -0.290 e. The molecule has 0 aromatic heterocycles. The summed E-state index contributed by atoms with van der Waals surface area (Å²) >= 11 is 0. The number of carbonyl (C=O) groups is 1. The molecule has 0 spiro atoms. The molecule has 0 fully saturated rings. The second-order valence-corrected chi connectivity index (χ2v) is 3.36. The van der Waals surface area contributed by atoms with Crippen LogP contribution in [0.15, 0.2) is 47.6 Å². The highest BCUT2D eigenvalue weighted by molar-refractivity contribution is 6.01. The topological polar surface area (TPSA) is 17.1 Å². The van der Waals surface area contributed by atoms with Crippen LogP contribution in [0.4, 0.5) is 0 Å². The summed E-state index contributed by atoms with van der Waals surface area (Å²) in [6, 6.07) is 0. The van der Waals surface area contributed by atoms with E-state index in [0.717, 1.165) is 12.0 Å². The van der Waals surface area contributed by atoms with Crippen LogP contribution in [-0.4, -0.2) is 5.78 Å². The third-order valence-corrected chi connectivity index (χ3v) is 2.44. The van der Waals surface area contributed by atoms with Gasteiger partial charge in [-0.05, 0) is 29.7 Å². The van der Waals surface area contributed by atoms with Gasteiger partial charge < -0.3 is 0 Å². The third-order valence-electron chi connectivity index (χ3n) is 2.44. The van der Waals surface area contributed by atoms with Gasteiger partial charge in [0.15, 0.2) is 5.78 Å². The smallest absolute Gasteiger partial charge is 0.178 e. The lowest BCUT2D eigenvalue weighted by Gasteiger charge is -2.18. The summed E-state index contributed by atoms with van der Waals surface area (Å²) in [5.74, 6) is 0.432. The van der Waals surface area contributed by atoms with Crippen molar-refractivity contribution >= 4 is 5.78 Å². The van der Waals surface area contributed by atoms with Gasteiger partial charge in [-0.2, -0.15) is 0 Å². The van der Waals surface area contributed by atoms with E-state index in [4.69, 9.17) is 0 Å². The van der Waals surface area contributed by atoms with Crippen LogP contribution >= 0.6 is 0 Å². The molecule has 0 aromatic carbocycles. The Kier molecular flexibility index (Phi) is 2.01. The van der Waals surface area contributed by atoms with E-state index in [9.17, 15) is 4.79 Å². The van der Waals surface area contributed by atoms with E-state index < -0.39 is 0 Å². The summed E-state index contributed by atoms with van der Waals surface area (Å²) in [7, 11) is 0. The summed E-state index contributed by atoms with van der Waals surface area (Å²) in [5, 5.41) is 0. The second kappa shape index (κ2) is 3.17. The zero-order chi connectivity index (χ0) is 9.26. The Balaban J connectivity index is 2.33. The largest absolute Gasteiger partial charge is 0.290 e. The molecule has 2 aliphatic carbocycles. The maximum Gasteiger partial charge on any atom is 0.178 e. The van der Waals surface area contributed by atoms with Gasteiger partial charge in [0, 0.05) is 5.92 Å². The van der Waals surface area contributed by atoms with Crippen molar-refractivity contribution in [1.29, 1.82) is 0 Å². The van der Waals surface area contributed by atoms with E-state index in [1.807, 2.05) is 6.08 Å². The van der Waals surface area contributed by atoms with Gasteiger partial charge in [0.05, 0.1) is 0 Å². The molecule has 0 saturated heterocycles. The maximum atomic E-state index is 11.1. The van der Waals surface area contributed by atoms with Crippen LogP contribution in [0.2, 0.25) is 0 Å². The van der Waals surface area contributed by atoms with Gasteiger partial charge in [-0.3, -0.25) is 4.79 Å². The number of hydrogen-bond acceptors (Lipinski definition) is 1. The molecule has 1 atom stereocenters. The van der Waals surface area contributed by atoms with Gasteiger partial charge >= 0.3 is 0 Å². The van der Waals surface area contributed by atoms with E-state index in [1.165, 1.54) is 5.57 Å². The van der Waals surface area contributed by atoms with Crippen molar-refractivity contribution < 1.29 is 4.79 Å². The molecule has 1 nitrogen and oxygen atoms in total. The molecule has 0 aliphatic heterocycles. The van der Waals surface area contributed by atoms with Crippen LogP contribution in [0, 0.1) is 5.92 Å². The van der Waals surface area contributed by atoms with Crippen molar-refractivity contribution in [2.75, 3.05) is 0 Å². The van der Waals surface area contributed by atoms with Crippen LogP contribution in [0.5, 0.6) is 0 Å². The van der Waals surface area contributed by atoms with Gasteiger partial charge in [0.2, 0.25) is 0 Å². The molecule has 1 unspecified atom stereocenters. The van der Waals surface area contributed by atoms with Crippen molar-refractivity contribution in [3.8, 4) is 0 Å². The molecular formula is C12H12O. The minimum absolute atomic E-state index is 0.105. The van der Waals surface area contributed by atoms with E-state index in [0.29, 0.717) is 5.92 Å². The van der Waals surface area contributed by atoms with Gasteiger partial charge in [-0.1, -0.05) is 31.2 Å². The molecule has 1 heteroatoms. The zero-order valence-electron chi connectivity index (χ0n) is 7.66. The second-order valence-electron chi connectivity index (χ2n) is 3.36. The molecular weight excluding hydrogens is 160 g/mol. The summed E-state index contributed by atoms with van der Waals surface area (Å²) in [6.07, 6.45) is 12.8. The Bertz CT molecular complexity index is 353. The molecule has 0 saturated carbocycles. The highest BCUT2D eigenvalue weighted by atomic mass is 16.1. The first-order chi connectivity index (χ1) is 6.29. The third kappa shape index (κ3) is 1.55. The molecule has 0 heterocycles. The van der Waals surface area contributed by atoms with Crippen molar-refractivity contribution in [3.63, 3.8) is 0 Å². The highest BCUT2D eigenvalue weighted by Crippen LogP contribution is 2.27. The fourth-order valence-corrected chi connectivity index (χ4v) is 1.64. The lowest BCUT2D eigenvalue weighted by molar-refractivity contribution is -0.110. The summed E-state index contributed by atoms with van der Waals surface area (Å²) in [5.41, 5.74) is 2.43. The Morgan fingerprint density at radius 2 is 2.00 bits per heavy atom. The molecule has 2 rings (SSSR count). The number of ketones is 1. The average molecular weight is 172 g/mol. The molecule has 0 N–H and O–H groups in total. The lowest BCUT2D eigenvalue weighted by Crippen LogP contribution is -2.07. The lowest BCUT2D eigenvalue weighted by atomic mass is 9.86. The van der Waals surface area contributed by atoms with Gasteiger partial charge in [-0.25, -0.2) is 0 Å². The van der Waals surface area contributed by atoms with Crippen molar-refractivity contribution in [1.82, 2.24) is 0 Å². The molecule has 0 radical (unpaired) electrons. The fourth-order valence-electron chi connectivity index (χ4n) is 1.64. The predicted octanol–water partition coefficient (Wildman–Crippen LogP) is 2.57. The number of rotatable bonds is 1. The normalized spacial score (nSPS) is 25.3. The first-order valence-electron chi connectivity index (χ1n) is 4.62. The Labute approximate surface area is 78.1 Å². The van der Waals surface area contributed by atoms with Crippen LogP contribution in [0.1, 0.15) is 13.3 Å². The van der Waals surface area contributed by atoms with Crippen LogP contribution in [0.3, 0.4) is 0 Å². The average Bonchev–Trinajstić information content (AvgIpc) is 2.16. The van der Waals surface area contributed by atoms with Gasteiger partial charge in [0.25, 0.3) is 0 Å². The number of hydrogen-bond donors (Lipinski definition) is 0. The minimum atomic E-state index is 0.105. The van der Waals surface area contributed by atoms with Crippen LogP contribution < -0.4 is 0 Å². The van der Waals surface area contributed by atoms with Crippen LogP contribution in [-0.2, 0) is 4.79 Å². The molecule has 2 aliphatic rings. The first kappa shape index (κ1) is 8.24. The SMILES string of the molecule is CCC1=CC2=CC(=O)C=CC2C=C1. The van der Waals surface area contributed by atoms with Crippen LogP contribution in [0.25, 0.3) is 0 Å². The van der Waals surface area contributed by atoms with Crippen molar-refractivity contribution in [2.24, 2.45) is 5.92 Å². The molecule has 66 valence electrons. The summed E-state index contributed by atoms with van der Waals surface area (Å²) < 4.78 is 0. The molecule has 0 bridgehead atoms. The summed E-state index contributed by atoms with van der Waals surface area (Å²) in [6.45, 7) is 2.12. The quantitative estimate of drug-likeness (QED) is 0.594.